The van der Waals surface area contributed by atoms with Crippen LogP contribution in [-0.4, -0.2) is 25.9 Å². The fraction of sp³-hybridized carbons (Fsp3) is 1.00. The van der Waals surface area contributed by atoms with Gasteiger partial charge in [0, 0.05) is 25.9 Å². The summed E-state index contributed by atoms with van der Waals surface area (Å²) in [6.45, 7) is 9.37. The van der Waals surface area contributed by atoms with Gasteiger partial charge in [-0.3, -0.25) is 0 Å². The highest BCUT2D eigenvalue weighted by atomic mass is 29.6. The number of rotatable bonds is 2. The molecule has 0 heterocycles. The van der Waals surface area contributed by atoms with Gasteiger partial charge in [0.05, 0.1) is 0 Å². The largest absolute Gasteiger partial charge is 0.0737 e. The lowest BCUT2D eigenvalue weighted by molar-refractivity contribution is 1.06. The fourth-order valence-corrected chi connectivity index (χ4v) is 5.20. The van der Waals surface area contributed by atoms with Crippen LogP contribution in [0.15, 0.2) is 0 Å². The van der Waals surface area contributed by atoms with Gasteiger partial charge in [-0.05, 0) is 0 Å². The zero-order chi connectivity index (χ0) is 6.73. The van der Waals surface area contributed by atoms with Crippen molar-refractivity contribution in [2.45, 2.75) is 32.5 Å². The van der Waals surface area contributed by atoms with Crippen LogP contribution in [0.1, 0.15) is 13.8 Å². The third-order valence-corrected chi connectivity index (χ3v) is 14.5. The van der Waals surface area contributed by atoms with Crippen LogP contribution in [0.4, 0.5) is 0 Å². The Kier molecular flexibility index (Phi) is 3.93. The van der Waals surface area contributed by atoms with Gasteiger partial charge in [0.25, 0.3) is 0 Å². The molecule has 0 unspecified atom stereocenters. The first-order valence-corrected chi connectivity index (χ1v) is 9.52. The number of hydrogen-bond donors (Lipinski definition) is 0. The molecule has 0 fully saturated rings. The van der Waals surface area contributed by atoms with Crippen LogP contribution in [0, 0.1) is 0 Å². The van der Waals surface area contributed by atoms with Gasteiger partial charge in [0.2, 0.25) is 0 Å². The first-order valence-electron chi connectivity index (χ1n) is 2.94. The molecular formula is C5H13Si3. The quantitative estimate of drug-likeness (QED) is 0.532. The molecule has 0 nitrogen and oxygen atoms in total. The maximum absolute atomic E-state index is 3.80. The van der Waals surface area contributed by atoms with Gasteiger partial charge in [-0.1, -0.05) is 32.5 Å². The van der Waals surface area contributed by atoms with Crippen LogP contribution >= 0.6 is 0 Å². The van der Waals surface area contributed by atoms with Crippen molar-refractivity contribution in [3.05, 3.63) is 0 Å². The normalized spacial score (nSPS) is 12.0. The van der Waals surface area contributed by atoms with Crippen LogP contribution in [-0.2, 0) is 0 Å². The molecule has 0 aliphatic rings. The van der Waals surface area contributed by atoms with E-state index in [4.69, 9.17) is 0 Å². The molecule has 0 saturated carbocycles. The summed E-state index contributed by atoms with van der Waals surface area (Å²) in [4.78, 5) is 0. The van der Waals surface area contributed by atoms with Gasteiger partial charge in [0.15, 0.2) is 0 Å². The van der Waals surface area contributed by atoms with Crippen molar-refractivity contribution in [2.75, 3.05) is 0 Å². The molecule has 0 aromatic rings. The molecule has 0 aromatic carbocycles. The van der Waals surface area contributed by atoms with E-state index in [-0.39, 0.29) is 16.1 Å². The van der Waals surface area contributed by atoms with Crippen molar-refractivity contribution in [3.63, 3.8) is 0 Å². The summed E-state index contributed by atoms with van der Waals surface area (Å²) in [5.74, 6) is 0. The first kappa shape index (κ1) is 8.65. The third-order valence-electron chi connectivity index (χ3n) is 1.12. The molecule has 0 spiro atoms. The smallest absolute Gasteiger partial charge is 0.0278 e. The molecule has 0 atom stereocenters. The van der Waals surface area contributed by atoms with Gasteiger partial charge in [-0.25, -0.2) is 0 Å². The molecular weight excluding hydrogens is 144 g/mol. The van der Waals surface area contributed by atoms with E-state index in [2.05, 4.69) is 36.7 Å². The molecule has 0 saturated heterocycles. The van der Waals surface area contributed by atoms with E-state index in [0.717, 1.165) is 5.54 Å². The van der Waals surface area contributed by atoms with Gasteiger partial charge < -0.3 is 0 Å². The molecule has 0 N–H and O–H groups in total. The van der Waals surface area contributed by atoms with Crippen molar-refractivity contribution >= 4 is 25.9 Å². The van der Waals surface area contributed by atoms with E-state index in [1.54, 1.807) is 0 Å². The second kappa shape index (κ2) is 3.63. The van der Waals surface area contributed by atoms with Crippen molar-refractivity contribution in [1.29, 1.82) is 0 Å². The molecule has 0 aliphatic carbocycles. The van der Waals surface area contributed by atoms with Gasteiger partial charge in [-0.15, -0.1) is 0 Å². The minimum Gasteiger partial charge on any atom is -0.0737 e. The molecule has 3 heteroatoms. The summed E-state index contributed by atoms with van der Waals surface area (Å²) >= 11 is 0. The van der Waals surface area contributed by atoms with E-state index in [1.807, 2.05) is 0 Å². The zero-order valence-electron chi connectivity index (χ0n) is 6.08. The molecule has 0 aliphatic heterocycles. The lowest BCUT2D eigenvalue weighted by Crippen LogP contribution is -2.33. The zero-order valence-corrected chi connectivity index (χ0v) is 9.08. The van der Waals surface area contributed by atoms with Crippen LogP contribution in [0.2, 0.25) is 18.6 Å². The molecule has 0 aromatic heterocycles. The standard InChI is InChI=1S/C5H13Si3/c1-5(2)8(6)7(3)4/h5H,1-4H3. The van der Waals surface area contributed by atoms with Crippen molar-refractivity contribution < 1.29 is 0 Å². The summed E-state index contributed by atoms with van der Waals surface area (Å²) in [5.41, 5.74) is 0.903. The summed E-state index contributed by atoms with van der Waals surface area (Å²) < 4.78 is 0. The highest BCUT2D eigenvalue weighted by molar-refractivity contribution is 7.41. The Morgan fingerprint density at radius 3 is 1.62 bits per heavy atom. The van der Waals surface area contributed by atoms with Crippen LogP contribution in [0.25, 0.3) is 0 Å². The second-order valence-corrected chi connectivity index (χ2v) is 14.3. The van der Waals surface area contributed by atoms with Gasteiger partial charge in [0.1, 0.15) is 0 Å². The Labute approximate surface area is 58.9 Å². The molecule has 0 rings (SSSR count). The van der Waals surface area contributed by atoms with E-state index >= 15 is 0 Å². The topological polar surface area (TPSA) is 0 Å². The average molecular weight is 157 g/mol. The first-order chi connectivity index (χ1) is 3.55. The van der Waals surface area contributed by atoms with E-state index in [9.17, 15) is 0 Å². The van der Waals surface area contributed by atoms with Crippen LogP contribution < -0.4 is 0 Å². The molecule has 45 valence electrons. The molecule has 8 heavy (non-hydrogen) atoms. The highest BCUT2D eigenvalue weighted by Crippen LogP contribution is 2.05. The van der Waals surface area contributed by atoms with Crippen LogP contribution in [0.3, 0.4) is 0 Å². The van der Waals surface area contributed by atoms with Gasteiger partial charge in [-0.2, -0.15) is 0 Å². The van der Waals surface area contributed by atoms with E-state index < -0.39 is 0 Å². The summed E-state index contributed by atoms with van der Waals surface area (Å²) in [5, 5.41) is 0. The maximum atomic E-state index is 3.80. The Morgan fingerprint density at radius 2 is 1.62 bits per heavy atom. The average Bonchev–Trinajstić information content (AvgIpc) is 1.64. The Balaban J connectivity index is 3.46. The Bertz CT molecular complexity index is 52.7. The fourth-order valence-electron chi connectivity index (χ4n) is 0.577. The van der Waals surface area contributed by atoms with Crippen LogP contribution in [0.5, 0.6) is 0 Å². The molecule has 0 amide bonds. The Morgan fingerprint density at radius 1 is 1.25 bits per heavy atom. The number of hydrogen-bond acceptors (Lipinski definition) is 0. The SMILES string of the molecule is CC(C)[Si]([Si])[Si](C)C. The summed E-state index contributed by atoms with van der Waals surface area (Å²) in [7, 11) is 3.69. The predicted octanol–water partition coefficient (Wildman–Crippen LogP) is 1.39. The summed E-state index contributed by atoms with van der Waals surface area (Å²) in [6.07, 6.45) is 0. The maximum Gasteiger partial charge on any atom is 0.0278 e. The monoisotopic (exact) mass is 157 g/mol. The second-order valence-electron chi connectivity index (χ2n) is 2.57. The third kappa shape index (κ3) is 2.84. The van der Waals surface area contributed by atoms with E-state index in [1.165, 1.54) is 0 Å². The van der Waals surface area contributed by atoms with E-state index in [0.29, 0.717) is 0 Å². The minimum absolute atomic E-state index is 0.00360. The predicted molar refractivity (Wildman–Crippen MR) is 44.1 cm³/mol. The van der Waals surface area contributed by atoms with Gasteiger partial charge >= 0.3 is 0 Å². The Hall–Kier alpha value is 0.651. The molecule has 0 bridgehead atoms. The van der Waals surface area contributed by atoms with Crippen molar-refractivity contribution in [2.24, 2.45) is 0 Å². The molecule has 5 radical (unpaired) electrons. The van der Waals surface area contributed by atoms with Crippen molar-refractivity contribution in [3.8, 4) is 0 Å². The highest BCUT2D eigenvalue weighted by Gasteiger charge is 2.13. The lowest BCUT2D eigenvalue weighted by atomic mass is 10.6. The summed E-state index contributed by atoms with van der Waals surface area (Å²) in [6, 6.07) is 0. The van der Waals surface area contributed by atoms with Crippen molar-refractivity contribution in [1.82, 2.24) is 0 Å². The minimum atomic E-state index is -0.116. The lowest BCUT2D eigenvalue weighted by Gasteiger charge is -2.15.